The largest absolute Gasteiger partial charge is 0.356 e. The molecule has 1 fully saturated rings. The lowest BCUT2D eigenvalue weighted by Gasteiger charge is -2.19. The Morgan fingerprint density at radius 3 is 2.74 bits per heavy atom. The molecule has 0 spiro atoms. The first-order valence-electron chi connectivity index (χ1n) is 6.67. The first-order valence-corrected chi connectivity index (χ1v) is 6.67. The van der Waals surface area contributed by atoms with Crippen molar-refractivity contribution >= 4 is 27.6 Å². The summed E-state index contributed by atoms with van der Waals surface area (Å²) in [6, 6.07) is 8.18. The van der Waals surface area contributed by atoms with Crippen LogP contribution >= 0.6 is 0 Å². The van der Waals surface area contributed by atoms with Crippen LogP contribution in [0, 0.1) is 0 Å². The topological polar surface area (TPSA) is 41.9 Å². The molecule has 0 N–H and O–H groups in total. The fraction of sp³-hybridized carbons (Fsp3) is 0.267. The fourth-order valence-corrected chi connectivity index (χ4v) is 2.82. The minimum atomic E-state index is 1.00. The summed E-state index contributed by atoms with van der Waals surface area (Å²) in [7, 11) is 0. The van der Waals surface area contributed by atoms with Crippen molar-refractivity contribution in [3.05, 3.63) is 36.8 Å². The molecule has 3 aromatic rings. The lowest BCUT2D eigenvalue weighted by Crippen LogP contribution is -2.19. The van der Waals surface area contributed by atoms with Crippen LogP contribution in [-0.4, -0.2) is 28.0 Å². The van der Waals surface area contributed by atoms with E-state index in [1.54, 1.807) is 6.33 Å². The van der Waals surface area contributed by atoms with Gasteiger partial charge in [0.05, 0.1) is 16.4 Å². The minimum absolute atomic E-state index is 1.00. The third-order valence-electron chi connectivity index (χ3n) is 3.74. The summed E-state index contributed by atoms with van der Waals surface area (Å²) in [6.45, 7) is 2.16. The van der Waals surface area contributed by atoms with Gasteiger partial charge in [-0.15, -0.1) is 0 Å². The first-order chi connectivity index (χ1) is 9.43. The second-order valence-corrected chi connectivity index (χ2v) is 4.93. The second-order valence-electron chi connectivity index (χ2n) is 4.93. The fourth-order valence-electron chi connectivity index (χ4n) is 2.82. The smallest absolute Gasteiger partial charge is 0.140 e. The zero-order chi connectivity index (χ0) is 12.7. The number of para-hydroxylation sites is 1. The van der Waals surface area contributed by atoms with Crippen LogP contribution in [0.3, 0.4) is 0 Å². The average Bonchev–Trinajstić information content (AvgIpc) is 3.00. The molecule has 19 heavy (non-hydrogen) atoms. The Bertz CT molecular complexity index is 747. The van der Waals surface area contributed by atoms with Crippen LogP contribution in [0.15, 0.2) is 36.8 Å². The number of rotatable bonds is 1. The molecule has 4 nitrogen and oxygen atoms in total. The summed E-state index contributed by atoms with van der Waals surface area (Å²) < 4.78 is 0. The SMILES string of the molecule is c1ccc2c(c1)nc(N1CCCC1)c1cncnc12. The number of fused-ring (bicyclic) bond motifs is 3. The Hall–Kier alpha value is -2.23. The van der Waals surface area contributed by atoms with Crippen LogP contribution in [-0.2, 0) is 0 Å². The van der Waals surface area contributed by atoms with Gasteiger partial charge in [-0.1, -0.05) is 18.2 Å². The van der Waals surface area contributed by atoms with Crippen LogP contribution < -0.4 is 4.90 Å². The number of hydrogen-bond donors (Lipinski definition) is 0. The average molecular weight is 250 g/mol. The molecule has 4 heteroatoms. The third-order valence-corrected chi connectivity index (χ3v) is 3.74. The Labute approximate surface area is 111 Å². The van der Waals surface area contributed by atoms with Gasteiger partial charge in [-0.3, -0.25) is 0 Å². The molecular formula is C15H14N4. The Balaban J connectivity index is 2.09. The second kappa shape index (κ2) is 4.16. The van der Waals surface area contributed by atoms with Crippen molar-refractivity contribution in [3.63, 3.8) is 0 Å². The number of benzene rings is 1. The summed E-state index contributed by atoms with van der Waals surface area (Å²) >= 11 is 0. The maximum atomic E-state index is 4.83. The Morgan fingerprint density at radius 2 is 1.84 bits per heavy atom. The van der Waals surface area contributed by atoms with Gasteiger partial charge in [-0.2, -0.15) is 0 Å². The van der Waals surface area contributed by atoms with E-state index in [4.69, 9.17) is 4.98 Å². The summed E-state index contributed by atoms with van der Waals surface area (Å²) in [5, 5.41) is 2.16. The molecule has 0 saturated carbocycles. The van der Waals surface area contributed by atoms with E-state index in [1.165, 1.54) is 12.8 Å². The van der Waals surface area contributed by atoms with Gasteiger partial charge in [-0.05, 0) is 18.9 Å². The summed E-state index contributed by atoms with van der Waals surface area (Å²) in [5.41, 5.74) is 2.01. The third kappa shape index (κ3) is 1.63. The highest BCUT2D eigenvalue weighted by atomic mass is 15.2. The van der Waals surface area contributed by atoms with Crippen LogP contribution in [0.5, 0.6) is 0 Å². The quantitative estimate of drug-likeness (QED) is 0.623. The molecule has 0 aliphatic carbocycles. The monoisotopic (exact) mass is 250 g/mol. The van der Waals surface area contributed by atoms with Crippen LogP contribution in [0.1, 0.15) is 12.8 Å². The van der Waals surface area contributed by atoms with Crippen LogP contribution in [0.25, 0.3) is 21.8 Å². The van der Waals surface area contributed by atoms with Gasteiger partial charge in [0, 0.05) is 24.7 Å². The summed E-state index contributed by atoms with van der Waals surface area (Å²) in [6.07, 6.45) is 5.98. The molecule has 0 atom stereocenters. The van der Waals surface area contributed by atoms with E-state index < -0.39 is 0 Å². The Kier molecular flexibility index (Phi) is 2.33. The van der Waals surface area contributed by atoms with Crippen molar-refractivity contribution in [2.75, 3.05) is 18.0 Å². The Morgan fingerprint density at radius 1 is 1.00 bits per heavy atom. The molecule has 2 aromatic heterocycles. The maximum Gasteiger partial charge on any atom is 0.140 e. The highest BCUT2D eigenvalue weighted by Gasteiger charge is 2.18. The predicted octanol–water partition coefficient (Wildman–Crippen LogP) is 2.78. The van der Waals surface area contributed by atoms with Gasteiger partial charge in [0.1, 0.15) is 12.1 Å². The van der Waals surface area contributed by atoms with Gasteiger partial charge in [0.15, 0.2) is 0 Å². The molecule has 0 unspecified atom stereocenters. The number of nitrogens with zero attached hydrogens (tertiary/aromatic N) is 4. The van der Waals surface area contributed by atoms with Crippen molar-refractivity contribution < 1.29 is 0 Å². The van der Waals surface area contributed by atoms with E-state index in [9.17, 15) is 0 Å². The van der Waals surface area contributed by atoms with Gasteiger partial charge >= 0.3 is 0 Å². The van der Waals surface area contributed by atoms with E-state index in [0.717, 1.165) is 40.7 Å². The van der Waals surface area contributed by atoms with E-state index >= 15 is 0 Å². The lowest BCUT2D eigenvalue weighted by atomic mass is 10.1. The molecule has 1 aliphatic heterocycles. The molecule has 3 heterocycles. The van der Waals surface area contributed by atoms with E-state index in [-0.39, 0.29) is 0 Å². The van der Waals surface area contributed by atoms with E-state index in [1.807, 2.05) is 18.3 Å². The maximum absolute atomic E-state index is 4.83. The zero-order valence-electron chi connectivity index (χ0n) is 10.6. The van der Waals surface area contributed by atoms with Crippen LogP contribution in [0.4, 0.5) is 5.82 Å². The highest BCUT2D eigenvalue weighted by molar-refractivity contribution is 6.07. The van der Waals surface area contributed by atoms with Gasteiger partial charge in [-0.25, -0.2) is 15.0 Å². The van der Waals surface area contributed by atoms with E-state index in [2.05, 4.69) is 27.0 Å². The zero-order valence-corrected chi connectivity index (χ0v) is 10.6. The summed E-state index contributed by atoms with van der Waals surface area (Å²) in [4.78, 5) is 15.8. The standard InChI is InChI=1S/C15H14N4/c1-2-6-13-11(5-1)14-12(9-16-10-17-14)15(18-13)19-7-3-4-8-19/h1-2,5-6,9-10H,3-4,7-8H2. The predicted molar refractivity (Wildman–Crippen MR) is 76.3 cm³/mol. The molecule has 4 rings (SSSR count). The molecule has 94 valence electrons. The number of anilines is 1. The molecule has 0 bridgehead atoms. The lowest BCUT2D eigenvalue weighted by molar-refractivity contribution is 0.949. The molecule has 1 aliphatic rings. The molecule has 1 saturated heterocycles. The minimum Gasteiger partial charge on any atom is -0.356 e. The normalized spacial score (nSPS) is 15.5. The first kappa shape index (κ1) is 10.7. The molecule has 1 aromatic carbocycles. The number of aromatic nitrogens is 3. The van der Waals surface area contributed by atoms with E-state index in [0.29, 0.717) is 0 Å². The molecule has 0 radical (unpaired) electrons. The van der Waals surface area contributed by atoms with Gasteiger partial charge < -0.3 is 4.90 Å². The van der Waals surface area contributed by atoms with Gasteiger partial charge in [0.2, 0.25) is 0 Å². The van der Waals surface area contributed by atoms with Crippen molar-refractivity contribution in [1.82, 2.24) is 15.0 Å². The summed E-state index contributed by atoms with van der Waals surface area (Å²) in [5.74, 6) is 1.03. The van der Waals surface area contributed by atoms with Crippen molar-refractivity contribution in [2.45, 2.75) is 12.8 Å². The van der Waals surface area contributed by atoms with Crippen LogP contribution in [0.2, 0.25) is 0 Å². The molecular weight excluding hydrogens is 236 g/mol. The molecule has 0 amide bonds. The van der Waals surface area contributed by atoms with Crippen molar-refractivity contribution in [3.8, 4) is 0 Å². The number of pyridine rings is 1. The van der Waals surface area contributed by atoms with Crippen molar-refractivity contribution in [2.24, 2.45) is 0 Å². The van der Waals surface area contributed by atoms with Crippen molar-refractivity contribution in [1.29, 1.82) is 0 Å². The number of hydrogen-bond acceptors (Lipinski definition) is 4. The highest BCUT2D eigenvalue weighted by Crippen LogP contribution is 2.30. The van der Waals surface area contributed by atoms with Gasteiger partial charge in [0.25, 0.3) is 0 Å².